The number of nitrogens with two attached hydrogens (primary N) is 1. The molecular weight excluding hydrogens is 204 g/mol. The molecule has 16 heavy (non-hydrogen) atoms. The summed E-state index contributed by atoms with van der Waals surface area (Å²) in [4.78, 5) is 0. The van der Waals surface area contributed by atoms with Crippen LogP contribution < -0.4 is 15.8 Å². The van der Waals surface area contributed by atoms with E-state index in [1.807, 2.05) is 18.2 Å². The summed E-state index contributed by atoms with van der Waals surface area (Å²) < 4.78 is 10.5. The van der Waals surface area contributed by atoms with Crippen LogP contribution in [0.15, 0.2) is 18.2 Å². The summed E-state index contributed by atoms with van der Waals surface area (Å²) in [6.45, 7) is 1.67. The fraction of sp³-hybridized carbons (Fsp3) is 0.500. The van der Waals surface area contributed by atoms with E-state index in [2.05, 4.69) is 5.32 Å². The minimum Gasteiger partial charge on any atom is -0.495 e. The summed E-state index contributed by atoms with van der Waals surface area (Å²) in [5, 5.41) is 3.47. The van der Waals surface area contributed by atoms with Crippen LogP contribution in [-0.2, 0) is 4.74 Å². The van der Waals surface area contributed by atoms with E-state index >= 15 is 0 Å². The maximum absolute atomic E-state index is 5.76. The molecule has 1 saturated heterocycles. The molecule has 0 unspecified atom stereocenters. The fourth-order valence-corrected chi connectivity index (χ4v) is 1.88. The minimum absolute atomic E-state index is 0.488. The predicted octanol–water partition coefficient (Wildman–Crippen LogP) is 1.87. The van der Waals surface area contributed by atoms with Crippen molar-refractivity contribution in [1.82, 2.24) is 0 Å². The van der Waals surface area contributed by atoms with Crippen LogP contribution in [0.2, 0.25) is 0 Å². The molecule has 4 heteroatoms. The van der Waals surface area contributed by atoms with Gasteiger partial charge in [0.05, 0.1) is 12.8 Å². The van der Waals surface area contributed by atoms with Crippen molar-refractivity contribution in [3.8, 4) is 5.75 Å². The molecule has 0 atom stereocenters. The molecule has 1 aliphatic rings. The zero-order valence-corrected chi connectivity index (χ0v) is 9.53. The van der Waals surface area contributed by atoms with Gasteiger partial charge in [-0.2, -0.15) is 0 Å². The van der Waals surface area contributed by atoms with Crippen molar-refractivity contribution in [2.75, 3.05) is 31.4 Å². The summed E-state index contributed by atoms with van der Waals surface area (Å²) in [7, 11) is 1.63. The summed E-state index contributed by atoms with van der Waals surface area (Å²) in [5.41, 5.74) is 7.48. The molecule has 0 saturated carbocycles. The lowest BCUT2D eigenvalue weighted by Crippen LogP contribution is -2.27. The van der Waals surface area contributed by atoms with Gasteiger partial charge in [0.2, 0.25) is 0 Å². The van der Waals surface area contributed by atoms with Gasteiger partial charge in [-0.05, 0) is 25.0 Å². The third-order valence-corrected chi connectivity index (χ3v) is 2.83. The Bertz CT molecular complexity index is 349. The van der Waals surface area contributed by atoms with Gasteiger partial charge in [0, 0.05) is 31.0 Å². The number of rotatable bonds is 3. The van der Waals surface area contributed by atoms with Crippen molar-refractivity contribution in [3.05, 3.63) is 18.2 Å². The molecule has 1 fully saturated rings. The van der Waals surface area contributed by atoms with Crippen molar-refractivity contribution >= 4 is 11.4 Å². The molecule has 1 heterocycles. The standard InChI is InChI=1S/C12H18N2O2/c1-15-12-8-10(2-3-11(12)13)14-9-4-6-16-7-5-9/h2-3,8-9,14H,4-7,13H2,1H3. The van der Waals surface area contributed by atoms with Gasteiger partial charge in [-0.15, -0.1) is 0 Å². The number of nitrogen functional groups attached to an aromatic ring is 1. The molecule has 4 nitrogen and oxygen atoms in total. The van der Waals surface area contributed by atoms with Crippen LogP contribution >= 0.6 is 0 Å². The van der Waals surface area contributed by atoms with Crippen molar-refractivity contribution < 1.29 is 9.47 Å². The van der Waals surface area contributed by atoms with Gasteiger partial charge in [0.25, 0.3) is 0 Å². The maximum atomic E-state index is 5.76. The van der Waals surface area contributed by atoms with Gasteiger partial charge >= 0.3 is 0 Å². The van der Waals surface area contributed by atoms with Crippen molar-refractivity contribution in [1.29, 1.82) is 0 Å². The number of anilines is 2. The average Bonchev–Trinajstić information content (AvgIpc) is 2.33. The third kappa shape index (κ3) is 2.58. The lowest BCUT2D eigenvalue weighted by atomic mass is 10.1. The molecule has 0 radical (unpaired) electrons. The zero-order valence-electron chi connectivity index (χ0n) is 9.53. The van der Waals surface area contributed by atoms with E-state index in [4.69, 9.17) is 15.2 Å². The Morgan fingerprint density at radius 3 is 2.81 bits per heavy atom. The Hall–Kier alpha value is -1.42. The molecule has 0 bridgehead atoms. The summed E-state index contributed by atoms with van der Waals surface area (Å²) in [6.07, 6.45) is 2.10. The second kappa shape index (κ2) is 5.07. The first-order valence-corrected chi connectivity index (χ1v) is 5.57. The molecule has 1 aromatic carbocycles. The van der Waals surface area contributed by atoms with E-state index in [0.29, 0.717) is 11.7 Å². The Labute approximate surface area is 95.7 Å². The number of methoxy groups -OCH3 is 1. The van der Waals surface area contributed by atoms with Gasteiger partial charge < -0.3 is 20.5 Å². The SMILES string of the molecule is COc1cc(NC2CCOCC2)ccc1N. The predicted molar refractivity (Wildman–Crippen MR) is 64.9 cm³/mol. The van der Waals surface area contributed by atoms with Gasteiger partial charge in [-0.3, -0.25) is 0 Å². The monoisotopic (exact) mass is 222 g/mol. The van der Waals surface area contributed by atoms with E-state index in [1.54, 1.807) is 7.11 Å². The quantitative estimate of drug-likeness (QED) is 0.766. The first-order valence-electron chi connectivity index (χ1n) is 5.57. The Kier molecular flexibility index (Phi) is 3.51. The number of benzene rings is 1. The van der Waals surface area contributed by atoms with E-state index in [1.165, 1.54) is 0 Å². The Balaban J connectivity index is 2.03. The molecule has 0 aliphatic carbocycles. The van der Waals surface area contributed by atoms with Crippen LogP contribution in [0.4, 0.5) is 11.4 Å². The Morgan fingerprint density at radius 2 is 2.12 bits per heavy atom. The topological polar surface area (TPSA) is 56.5 Å². The molecule has 0 spiro atoms. The van der Waals surface area contributed by atoms with Crippen LogP contribution in [0.1, 0.15) is 12.8 Å². The van der Waals surface area contributed by atoms with E-state index < -0.39 is 0 Å². The second-order valence-electron chi connectivity index (χ2n) is 3.99. The van der Waals surface area contributed by atoms with Crippen LogP contribution in [0.25, 0.3) is 0 Å². The molecule has 1 aliphatic heterocycles. The van der Waals surface area contributed by atoms with Crippen LogP contribution in [0.3, 0.4) is 0 Å². The second-order valence-corrected chi connectivity index (χ2v) is 3.99. The highest BCUT2D eigenvalue weighted by molar-refractivity contribution is 5.61. The molecule has 88 valence electrons. The highest BCUT2D eigenvalue weighted by atomic mass is 16.5. The minimum atomic E-state index is 0.488. The molecule has 1 aromatic rings. The van der Waals surface area contributed by atoms with Crippen LogP contribution in [0, 0.1) is 0 Å². The van der Waals surface area contributed by atoms with Gasteiger partial charge in [-0.1, -0.05) is 0 Å². The highest BCUT2D eigenvalue weighted by Gasteiger charge is 2.13. The highest BCUT2D eigenvalue weighted by Crippen LogP contribution is 2.26. The van der Waals surface area contributed by atoms with E-state index in [-0.39, 0.29) is 0 Å². The first-order chi connectivity index (χ1) is 7.79. The zero-order chi connectivity index (χ0) is 11.4. The molecule has 0 amide bonds. The summed E-state index contributed by atoms with van der Waals surface area (Å²) in [5.74, 6) is 0.719. The van der Waals surface area contributed by atoms with Gasteiger partial charge in [0.1, 0.15) is 5.75 Å². The summed E-state index contributed by atoms with van der Waals surface area (Å²) >= 11 is 0. The largest absolute Gasteiger partial charge is 0.495 e. The smallest absolute Gasteiger partial charge is 0.143 e. The summed E-state index contributed by atoms with van der Waals surface area (Å²) in [6, 6.07) is 6.26. The molecule has 0 aromatic heterocycles. The molecule has 3 N–H and O–H groups in total. The van der Waals surface area contributed by atoms with Crippen molar-refractivity contribution in [3.63, 3.8) is 0 Å². The van der Waals surface area contributed by atoms with Crippen LogP contribution in [-0.4, -0.2) is 26.4 Å². The number of hydrogen-bond acceptors (Lipinski definition) is 4. The Morgan fingerprint density at radius 1 is 1.38 bits per heavy atom. The van der Waals surface area contributed by atoms with Crippen molar-refractivity contribution in [2.24, 2.45) is 0 Å². The van der Waals surface area contributed by atoms with Gasteiger partial charge in [0.15, 0.2) is 0 Å². The molecular formula is C12H18N2O2. The van der Waals surface area contributed by atoms with E-state index in [9.17, 15) is 0 Å². The molecule has 2 rings (SSSR count). The number of hydrogen-bond donors (Lipinski definition) is 2. The normalized spacial score (nSPS) is 17.1. The average molecular weight is 222 g/mol. The van der Waals surface area contributed by atoms with Crippen LogP contribution in [0.5, 0.6) is 5.75 Å². The van der Waals surface area contributed by atoms with Crippen molar-refractivity contribution in [2.45, 2.75) is 18.9 Å². The number of ether oxygens (including phenoxy) is 2. The lowest BCUT2D eigenvalue weighted by Gasteiger charge is -2.24. The number of nitrogens with one attached hydrogen (secondary N) is 1. The van der Waals surface area contributed by atoms with E-state index in [0.717, 1.165) is 37.5 Å². The lowest BCUT2D eigenvalue weighted by molar-refractivity contribution is 0.0904. The van der Waals surface area contributed by atoms with Gasteiger partial charge in [-0.25, -0.2) is 0 Å². The fourth-order valence-electron chi connectivity index (χ4n) is 1.88. The maximum Gasteiger partial charge on any atom is 0.143 e. The third-order valence-electron chi connectivity index (χ3n) is 2.83. The first kappa shape index (κ1) is 11.1.